The van der Waals surface area contributed by atoms with Crippen LogP contribution in [0.1, 0.15) is 64.7 Å². The molecule has 3 aliphatic rings. The highest BCUT2D eigenvalue weighted by atomic mass is 32.2. The van der Waals surface area contributed by atoms with Crippen LogP contribution in [0.5, 0.6) is 5.75 Å². The molecule has 5 rings (SSSR count). The van der Waals surface area contributed by atoms with Crippen LogP contribution in [0.4, 0.5) is 17.6 Å². The van der Waals surface area contributed by atoms with E-state index >= 15 is 0 Å². The van der Waals surface area contributed by atoms with Crippen molar-refractivity contribution in [1.82, 2.24) is 0 Å². The molecule has 3 fully saturated rings. The molecule has 2 bridgehead atoms. The highest BCUT2D eigenvalue weighted by molar-refractivity contribution is 7.97. The summed E-state index contributed by atoms with van der Waals surface area (Å²) in [5.41, 5.74) is -2.02. The lowest BCUT2D eigenvalue weighted by molar-refractivity contribution is -0.229. The van der Waals surface area contributed by atoms with E-state index in [0.29, 0.717) is 23.7 Å². The summed E-state index contributed by atoms with van der Waals surface area (Å²) < 4.78 is 90.8. The first kappa shape index (κ1) is 28.5. The zero-order valence-corrected chi connectivity index (χ0v) is 22.6. The van der Waals surface area contributed by atoms with Crippen LogP contribution in [-0.2, 0) is 21.0 Å². The molecule has 206 valence electrons. The average molecular weight is 563 g/mol. The zero-order chi connectivity index (χ0) is 26.9. The Hall–Kier alpha value is -1.52. The van der Waals surface area contributed by atoms with Gasteiger partial charge in [-0.1, -0.05) is 31.5 Å². The van der Waals surface area contributed by atoms with Gasteiger partial charge in [-0.15, -0.1) is 0 Å². The fraction of sp³-hybridized carbons (Fsp3) is 0.630. The summed E-state index contributed by atoms with van der Waals surface area (Å²) in [6.07, 6.45) is 5.48. The monoisotopic (exact) mass is 562 g/mol. The number of unbranched alkanes of at least 4 members (excludes halogenated alkanes) is 1. The maximum absolute atomic E-state index is 13.8. The number of hydrogen-bond acceptors (Lipinski definition) is 4. The molecule has 0 spiro atoms. The Kier molecular flexibility index (Phi) is 8.41. The van der Waals surface area contributed by atoms with E-state index in [9.17, 15) is 30.5 Å². The molecule has 1 saturated heterocycles. The van der Waals surface area contributed by atoms with E-state index in [1.807, 2.05) is 0 Å². The third kappa shape index (κ3) is 5.35. The first-order valence-corrected chi connectivity index (χ1v) is 15.9. The molecule has 0 amide bonds. The van der Waals surface area contributed by atoms with Crippen LogP contribution in [-0.4, -0.2) is 42.3 Å². The number of benzene rings is 2. The molecule has 10 heteroatoms. The lowest BCUT2D eigenvalue weighted by Crippen LogP contribution is -2.56. The lowest BCUT2D eigenvalue weighted by atomic mass is 9.78. The molecule has 1 heterocycles. The molecule has 2 aliphatic carbocycles. The van der Waals surface area contributed by atoms with E-state index in [2.05, 4.69) is 43.3 Å². The summed E-state index contributed by atoms with van der Waals surface area (Å²) in [6, 6.07) is 13.3. The average Bonchev–Trinajstić information content (AvgIpc) is 3.63. The molecule has 0 radical (unpaired) electrons. The number of alkyl halides is 4. The molecular weight excluding hydrogens is 528 g/mol. The molecule has 0 atom stereocenters. The predicted molar refractivity (Wildman–Crippen MR) is 138 cm³/mol. The Balaban J connectivity index is 0.000000176. The molecule has 0 unspecified atom stereocenters. The quantitative estimate of drug-likeness (QED) is 0.149. The van der Waals surface area contributed by atoms with Gasteiger partial charge in [-0.05, 0) is 75.5 Å². The van der Waals surface area contributed by atoms with Crippen molar-refractivity contribution < 1.29 is 35.3 Å². The Bertz CT molecular complexity index is 1190. The van der Waals surface area contributed by atoms with Gasteiger partial charge in [0, 0.05) is 27.1 Å². The Morgan fingerprint density at radius 3 is 2.19 bits per heavy atom. The Morgan fingerprint density at radius 1 is 1.03 bits per heavy atom. The minimum atomic E-state index is -6.36. The summed E-state index contributed by atoms with van der Waals surface area (Å²) in [6.45, 7) is 3.03. The van der Waals surface area contributed by atoms with Crippen LogP contribution in [0.2, 0.25) is 0 Å². The summed E-state index contributed by atoms with van der Waals surface area (Å²) >= 11 is 0. The summed E-state index contributed by atoms with van der Waals surface area (Å²) in [4.78, 5) is 1.56. The van der Waals surface area contributed by atoms with Gasteiger partial charge in [0.15, 0.2) is 15.0 Å². The summed E-state index contributed by atoms with van der Waals surface area (Å²) in [5, 5.41) is -2.83. The molecule has 0 N–H and O–H groups in total. The minimum Gasteiger partial charge on any atom is -0.743 e. The third-order valence-electron chi connectivity index (χ3n) is 8.03. The van der Waals surface area contributed by atoms with Crippen molar-refractivity contribution >= 4 is 31.8 Å². The first-order valence-electron chi connectivity index (χ1n) is 13.0. The summed E-state index contributed by atoms with van der Waals surface area (Å²) in [5.74, 6) is -1.03. The molecule has 2 saturated carbocycles. The van der Waals surface area contributed by atoms with E-state index in [1.54, 1.807) is 4.90 Å². The van der Waals surface area contributed by atoms with E-state index in [0.717, 1.165) is 18.8 Å². The first-order chi connectivity index (χ1) is 17.4. The maximum Gasteiger partial charge on any atom is 0.396 e. The largest absolute Gasteiger partial charge is 0.743 e. The van der Waals surface area contributed by atoms with Gasteiger partial charge >= 0.3 is 11.2 Å². The van der Waals surface area contributed by atoms with Crippen molar-refractivity contribution in [2.45, 2.75) is 80.8 Å². The van der Waals surface area contributed by atoms with Crippen LogP contribution >= 0.6 is 0 Å². The van der Waals surface area contributed by atoms with Crippen molar-refractivity contribution in [2.24, 2.45) is 11.3 Å². The number of halogens is 4. The van der Waals surface area contributed by atoms with Gasteiger partial charge in [0.2, 0.25) is 0 Å². The van der Waals surface area contributed by atoms with Gasteiger partial charge in [0.25, 0.3) is 0 Å². The van der Waals surface area contributed by atoms with E-state index < -0.39 is 26.7 Å². The van der Waals surface area contributed by atoms with Crippen LogP contribution in [0.3, 0.4) is 0 Å². The minimum absolute atomic E-state index is 0.0500. The van der Waals surface area contributed by atoms with E-state index in [1.165, 1.54) is 41.5 Å². The second-order valence-electron chi connectivity index (χ2n) is 10.4. The molecule has 4 nitrogen and oxygen atoms in total. The number of hydrogen-bond donors (Lipinski definition) is 0. The molecule has 1 aliphatic heterocycles. The number of fused-ring (bicyclic) bond motifs is 3. The van der Waals surface area contributed by atoms with Crippen molar-refractivity contribution in [3.8, 4) is 5.75 Å². The van der Waals surface area contributed by atoms with Crippen molar-refractivity contribution in [1.29, 1.82) is 0 Å². The van der Waals surface area contributed by atoms with E-state index in [4.69, 9.17) is 4.74 Å². The number of ether oxygens (including phenoxy) is 1. The second-order valence-corrected chi connectivity index (χ2v) is 14.1. The van der Waals surface area contributed by atoms with Crippen LogP contribution in [0.25, 0.3) is 10.8 Å². The fourth-order valence-electron chi connectivity index (χ4n) is 5.92. The highest BCUT2D eigenvalue weighted by Crippen LogP contribution is 2.65. The molecular formula is C27H34F4O4S2. The molecule has 0 aromatic heterocycles. The standard InChI is InChI=1S/C18H23OS.C9H12F4O3S/c1-2-3-12-19-17-10-11-18(20-13-6-7-14-20)16-9-5-4-8-15(16)17;10-8(11,9(12,13)17(14,15)16)7-3-1-6(5-7)2-4-7/h4-5,8-11H,2-3,6-7,12-14H2,1H3;6H,1-5H2,(H,14,15,16)/q+1;/p-1. The Morgan fingerprint density at radius 2 is 1.65 bits per heavy atom. The maximum atomic E-state index is 13.8. The molecule has 2 aromatic rings. The van der Waals surface area contributed by atoms with Gasteiger partial charge in [-0.25, -0.2) is 8.42 Å². The van der Waals surface area contributed by atoms with Gasteiger partial charge < -0.3 is 9.29 Å². The van der Waals surface area contributed by atoms with Gasteiger partial charge in [-0.2, -0.15) is 17.6 Å². The SMILES string of the molecule is CCCCOc1ccc([S+]2CCCC2)c2ccccc12.O=S(=O)([O-])C(F)(F)C(F)(F)C12CCC(CC1)C2. The van der Waals surface area contributed by atoms with Crippen molar-refractivity contribution in [3.63, 3.8) is 0 Å². The van der Waals surface area contributed by atoms with Gasteiger partial charge in [0.05, 0.1) is 6.61 Å². The third-order valence-corrected chi connectivity index (χ3v) is 11.5. The summed E-state index contributed by atoms with van der Waals surface area (Å²) in [7, 11) is -5.90. The van der Waals surface area contributed by atoms with Gasteiger partial charge in [0.1, 0.15) is 17.3 Å². The highest BCUT2D eigenvalue weighted by Gasteiger charge is 2.74. The zero-order valence-electron chi connectivity index (χ0n) is 21.0. The normalized spacial score (nSPS) is 24.3. The Labute approximate surface area is 219 Å². The topological polar surface area (TPSA) is 66.4 Å². The smallest absolute Gasteiger partial charge is 0.396 e. The second kappa shape index (κ2) is 10.9. The molecule has 2 aromatic carbocycles. The molecule has 37 heavy (non-hydrogen) atoms. The number of rotatable bonds is 8. The van der Waals surface area contributed by atoms with Crippen LogP contribution < -0.4 is 4.74 Å². The van der Waals surface area contributed by atoms with Crippen molar-refractivity contribution in [2.75, 3.05) is 18.1 Å². The van der Waals surface area contributed by atoms with Crippen LogP contribution in [0.15, 0.2) is 41.3 Å². The van der Waals surface area contributed by atoms with Gasteiger partial charge in [-0.3, -0.25) is 0 Å². The fourth-order valence-corrected chi connectivity index (χ4v) is 8.95. The predicted octanol–water partition coefficient (Wildman–Crippen LogP) is 7.13. The van der Waals surface area contributed by atoms with Crippen molar-refractivity contribution in [3.05, 3.63) is 36.4 Å². The lowest BCUT2D eigenvalue weighted by Gasteiger charge is -2.40. The van der Waals surface area contributed by atoms with E-state index in [-0.39, 0.29) is 25.2 Å². The van der Waals surface area contributed by atoms with Crippen LogP contribution in [0, 0.1) is 11.3 Å².